The van der Waals surface area contributed by atoms with Crippen LogP contribution in [-0.2, 0) is 32.1 Å². The molecular weight excluding hydrogens is 945 g/mol. The lowest BCUT2D eigenvalue weighted by atomic mass is 9.77. The summed E-state index contributed by atoms with van der Waals surface area (Å²) in [5.74, 6) is -1.96. The van der Waals surface area contributed by atoms with Gasteiger partial charge in [-0.3, -0.25) is 38.3 Å². The fourth-order valence-electron chi connectivity index (χ4n) is 10.8. The second kappa shape index (κ2) is 22.9. The van der Waals surface area contributed by atoms with Gasteiger partial charge >= 0.3 is 0 Å². The summed E-state index contributed by atoms with van der Waals surface area (Å²) in [4.78, 5) is 106. The molecule has 17 nitrogen and oxygen atoms in total. The van der Waals surface area contributed by atoms with Crippen molar-refractivity contribution in [3.8, 4) is 10.4 Å². The molecule has 0 bridgehead atoms. The van der Waals surface area contributed by atoms with Crippen molar-refractivity contribution < 1.29 is 29.1 Å². The van der Waals surface area contributed by atoms with E-state index < -0.39 is 29.4 Å². The highest BCUT2D eigenvalue weighted by Crippen LogP contribution is 2.37. The van der Waals surface area contributed by atoms with Crippen LogP contribution in [0.2, 0.25) is 0 Å². The third-order valence-corrected chi connectivity index (χ3v) is 16.0. The molecule has 73 heavy (non-hydrogen) atoms. The van der Waals surface area contributed by atoms with Gasteiger partial charge in [0, 0.05) is 87.9 Å². The number of aliphatic hydroxyl groups is 1. The predicted octanol–water partition coefficient (Wildman–Crippen LogP) is 6.00. The van der Waals surface area contributed by atoms with E-state index >= 15 is 0 Å². The number of aliphatic hydroxyl groups excluding tert-OH is 1. The fourth-order valence-corrected chi connectivity index (χ4v) is 11.6. The number of ketones is 2. The number of nitrogens with zero attached hydrogens (tertiary/aromatic N) is 8. The molecule has 3 N–H and O–H groups in total. The number of carbonyl (C=O) groups excluding carboxylic acids is 5. The van der Waals surface area contributed by atoms with E-state index in [2.05, 4.69) is 25.5 Å². The van der Waals surface area contributed by atoms with Gasteiger partial charge in [0.25, 0.3) is 5.56 Å². The number of hydrogen-bond donors (Lipinski definition) is 3. The fraction of sp³-hybridized carbons (Fsp3) is 0.527. The molecule has 3 amide bonds. The lowest BCUT2D eigenvalue weighted by Gasteiger charge is -2.36. The van der Waals surface area contributed by atoms with Crippen molar-refractivity contribution >= 4 is 57.3 Å². The first-order chi connectivity index (χ1) is 34.9. The summed E-state index contributed by atoms with van der Waals surface area (Å²) >= 11 is 1.58. The topological polar surface area (TPSA) is 213 Å². The van der Waals surface area contributed by atoms with E-state index in [4.69, 9.17) is 9.97 Å². The minimum Gasteiger partial charge on any atom is -0.393 e. The van der Waals surface area contributed by atoms with Crippen molar-refractivity contribution in [1.29, 1.82) is 0 Å². The van der Waals surface area contributed by atoms with E-state index in [9.17, 15) is 33.9 Å². The average molecular weight is 1020 g/mol. The number of fused-ring (bicyclic) bond motifs is 1. The molecule has 3 fully saturated rings. The van der Waals surface area contributed by atoms with Gasteiger partial charge in [0.2, 0.25) is 17.7 Å². The Morgan fingerprint density at radius 2 is 1.59 bits per heavy atom. The van der Waals surface area contributed by atoms with Gasteiger partial charge in [0.05, 0.1) is 58.0 Å². The first-order valence-corrected chi connectivity index (χ1v) is 26.6. The highest BCUT2D eigenvalue weighted by molar-refractivity contribution is 7.13. The van der Waals surface area contributed by atoms with Crippen LogP contribution in [0.1, 0.15) is 124 Å². The molecule has 388 valence electrons. The van der Waals surface area contributed by atoms with Crippen LogP contribution in [0.15, 0.2) is 59.1 Å². The predicted molar refractivity (Wildman–Crippen MR) is 281 cm³/mol. The van der Waals surface area contributed by atoms with Gasteiger partial charge in [-0.2, -0.15) is 0 Å². The summed E-state index contributed by atoms with van der Waals surface area (Å²) < 4.78 is 1.73. The van der Waals surface area contributed by atoms with Crippen molar-refractivity contribution in [2.75, 3.05) is 51.2 Å². The Hall–Kier alpha value is -6.24. The summed E-state index contributed by atoms with van der Waals surface area (Å²) in [6.45, 7) is 14.4. The number of thiazole rings is 1. The number of pyridine rings is 2. The number of piperazine rings is 1. The molecule has 5 aromatic rings. The van der Waals surface area contributed by atoms with Crippen LogP contribution in [0.3, 0.4) is 0 Å². The smallest absolute Gasteiger partial charge is 0.263 e. The Labute approximate surface area is 431 Å². The zero-order valence-corrected chi connectivity index (χ0v) is 44.1. The average Bonchev–Trinajstić information content (AvgIpc) is 4.15. The molecule has 0 radical (unpaired) electrons. The normalized spacial score (nSPS) is 18.9. The zero-order chi connectivity index (χ0) is 52.1. The zero-order valence-electron chi connectivity index (χ0n) is 43.3. The minimum absolute atomic E-state index is 0.00428. The molecule has 2 saturated carbocycles. The summed E-state index contributed by atoms with van der Waals surface area (Å²) in [5.41, 5.74) is 6.96. The van der Waals surface area contributed by atoms with Crippen LogP contribution < -0.4 is 21.1 Å². The maximum atomic E-state index is 14.2. The lowest BCUT2D eigenvalue weighted by Crippen LogP contribution is -2.53. The van der Waals surface area contributed by atoms with Gasteiger partial charge in [-0.1, -0.05) is 57.9 Å². The number of carbonyl (C=O) groups is 5. The van der Waals surface area contributed by atoms with Crippen molar-refractivity contribution in [3.05, 3.63) is 98.6 Å². The van der Waals surface area contributed by atoms with Gasteiger partial charge < -0.3 is 30.4 Å². The van der Waals surface area contributed by atoms with Crippen molar-refractivity contribution in [2.45, 2.75) is 124 Å². The van der Waals surface area contributed by atoms with Crippen LogP contribution in [0.4, 0.5) is 5.69 Å². The third-order valence-electron chi connectivity index (χ3n) is 15.0. The lowest BCUT2D eigenvalue weighted by molar-refractivity contribution is -0.137. The number of benzene rings is 1. The number of nitrogens with one attached hydrogen (secondary N) is 2. The highest BCUT2D eigenvalue weighted by atomic mass is 32.1. The van der Waals surface area contributed by atoms with Gasteiger partial charge in [-0.15, -0.1) is 11.3 Å². The molecule has 4 aromatic heterocycles. The quantitative estimate of drug-likeness (QED) is 0.0861. The summed E-state index contributed by atoms with van der Waals surface area (Å²) in [6.07, 6.45) is 7.69. The van der Waals surface area contributed by atoms with Crippen LogP contribution in [0, 0.1) is 31.1 Å². The monoisotopic (exact) mass is 1010 g/mol. The van der Waals surface area contributed by atoms with Crippen LogP contribution in [0.5, 0.6) is 0 Å². The number of aromatic nitrogens is 5. The first-order valence-electron chi connectivity index (χ1n) is 25.7. The number of anilines is 1. The van der Waals surface area contributed by atoms with Crippen LogP contribution in [0.25, 0.3) is 21.5 Å². The van der Waals surface area contributed by atoms with Crippen LogP contribution >= 0.6 is 11.3 Å². The number of aryl methyl sites for hydroxylation is 2. The van der Waals surface area contributed by atoms with E-state index in [1.54, 1.807) is 29.0 Å². The van der Waals surface area contributed by atoms with Crippen molar-refractivity contribution in [2.24, 2.45) is 17.3 Å². The SMILES string of the molecule is CC(=O)c1c(C)c2cnc(Cc3ccc(N4CCN(C(=O)CCN(C)CCC(=O)N[C@H](C(=O)C5C[C@H](O)C[C@H]5C(=O)NCc5ccc(-c6scnc6C)cc5)C(C)(C)C)CC4)cn3)nc2n(C2CCCC2)c1=O. The molecule has 4 atom stereocenters. The second-order valence-corrected chi connectivity index (χ2v) is 22.2. The van der Waals surface area contributed by atoms with E-state index in [1.165, 1.54) is 6.92 Å². The Morgan fingerprint density at radius 1 is 0.890 bits per heavy atom. The van der Waals surface area contributed by atoms with Crippen LogP contribution in [-0.4, -0.2) is 127 Å². The summed E-state index contributed by atoms with van der Waals surface area (Å²) in [7, 11) is 1.87. The largest absolute Gasteiger partial charge is 0.393 e. The summed E-state index contributed by atoms with van der Waals surface area (Å²) in [5, 5.41) is 17.4. The Morgan fingerprint density at radius 3 is 2.23 bits per heavy atom. The maximum absolute atomic E-state index is 14.2. The van der Waals surface area contributed by atoms with E-state index in [0.717, 1.165) is 58.8 Å². The Bertz CT molecular complexity index is 2880. The number of amides is 3. The standard InChI is InChI=1S/C55H70N10O7S/c1-33-44-31-57-45(60-52(44)65(39-10-8-9-11-39)54(72)48(33)35(3)66)26-38-16-17-40(30-56-38)63-22-24-64(25-23-63)47(69)19-21-62(7)20-18-46(68)61-51(55(4,5)6)49(70)42-27-41(67)28-43(42)53(71)58-29-36-12-14-37(15-13-36)50-34(2)59-32-73-50/h12-17,30-32,39,41-43,51,67H,8-11,18-29H2,1-7H3,(H,58,71)(H,61,68)/t41-,42?,43+,51+/m0/s1. The molecule has 18 heteroatoms. The summed E-state index contributed by atoms with van der Waals surface area (Å²) in [6, 6.07) is 11.0. The van der Waals surface area contributed by atoms with Crippen molar-refractivity contribution in [3.63, 3.8) is 0 Å². The van der Waals surface area contributed by atoms with Gasteiger partial charge in [0.1, 0.15) is 11.5 Å². The van der Waals surface area contributed by atoms with E-state index in [-0.39, 0.29) is 72.3 Å². The first kappa shape index (κ1) is 53.1. The number of Topliss-reactive ketones (excluding diaryl/α,β-unsaturated/α-hetero) is 2. The molecule has 1 aliphatic heterocycles. The second-order valence-electron chi connectivity index (χ2n) is 21.3. The molecule has 1 saturated heterocycles. The minimum atomic E-state index is -0.865. The molecule has 5 heterocycles. The molecule has 3 aliphatic rings. The molecule has 2 aliphatic carbocycles. The Kier molecular flexibility index (Phi) is 16.6. The number of hydrogen-bond acceptors (Lipinski definition) is 14. The maximum Gasteiger partial charge on any atom is 0.263 e. The van der Waals surface area contributed by atoms with Gasteiger partial charge in [-0.05, 0) is 87.7 Å². The van der Waals surface area contributed by atoms with Gasteiger partial charge in [-0.25, -0.2) is 15.0 Å². The van der Waals surface area contributed by atoms with E-state index in [0.29, 0.717) is 74.5 Å². The van der Waals surface area contributed by atoms with Gasteiger partial charge in [0.15, 0.2) is 11.6 Å². The Balaban J connectivity index is 0.774. The molecule has 0 spiro atoms. The van der Waals surface area contributed by atoms with Crippen molar-refractivity contribution in [1.82, 2.24) is 44.9 Å². The third kappa shape index (κ3) is 12.4. The molecular formula is C55H70N10O7S. The highest BCUT2D eigenvalue weighted by Gasteiger charge is 2.47. The number of rotatable bonds is 18. The molecule has 1 unspecified atom stereocenters. The molecule has 8 rings (SSSR count). The van der Waals surface area contributed by atoms with E-state index in [1.807, 2.05) is 92.6 Å². The molecule has 1 aromatic carbocycles.